The van der Waals surface area contributed by atoms with Crippen LogP contribution in [0.3, 0.4) is 0 Å². The van der Waals surface area contributed by atoms with Gasteiger partial charge in [0.05, 0.1) is 23.8 Å². The molecule has 2 aromatic carbocycles. The Kier molecular flexibility index (Phi) is 4.89. The van der Waals surface area contributed by atoms with E-state index < -0.39 is 17.8 Å². The summed E-state index contributed by atoms with van der Waals surface area (Å²) in [4.78, 5) is 48.3. The molecular formula is C19H16N2O6. The molecule has 2 aromatic rings. The van der Waals surface area contributed by atoms with Gasteiger partial charge in [0.15, 0.2) is 6.61 Å². The van der Waals surface area contributed by atoms with Crippen molar-refractivity contribution in [1.29, 1.82) is 0 Å². The van der Waals surface area contributed by atoms with Gasteiger partial charge in [-0.05, 0) is 42.5 Å². The molecule has 0 bridgehead atoms. The van der Waals surface area contributed by atoms with Gasteiger partial charge in [-0.3, -0.25) is 19.3 Å². The number of fused-ring (bicyclic) bond motifs is 1. The molecule has 138 valence electrons. The summed E-state index contributed by atoms with van der Waals surface area (Å²) in [5.74, 6) is -1.26. The third-order valence-corrected chi connectivity index (χ3v) is 4.02. The number of benzene rings is 2. The van der Waals surface area contributed by atoms with Crippen molar-refractivity contribution < 1.29 is 28.7 Å². The van der Waals surface area contributed by atoms with Gasteiger partial charge in [0.1, 0.15) is 5.75 Å². The molecule has 1 aliphatic heterocycles. The topological polar surface area (TPSA) is 102 Å². The number of nitrogens with zero attached hydrogens (tertiary/aromatic N) is 1. The lowest BCUT2D eigenvalue weighted by atomic mass is 10.1. The average Bonchev–Trinajstić information content (AvgIpc) is 2.90. The van der Waals surface area contributed by atoms with E-state index in [-0.39, 0.29) is 18.1 Å². The first-order valence-electron chi connectivity index (χ1n) is 7.98. The minimum atomic E-state index is -0.463. The summed E-state index contributed by atoms with van der Waals surface area (Å²) in [6.45, 7) is -0.262. The maximum Gasteiger partial charge on any atom is 0.337 e. The fourth-order valence-corrected chi connectivity index (χ4v) is 2.59. The van der Waals surface area contributed by atoms with E-state index in [0.717, 1.165) is 4.90 Å². The SMILES string of the molecule is COC(=O)c1ccc(OCC(=O)Nc2ccc3c(c2)C(=O)N(C)C3=O)cc1. The quantitative estimate of drug-likeness (QED) is 0.637. The van der Waals surface area contributed by atoms with E-state index in [1.165, 1.54) is 38.4 Å². The predicted octanol–water partition coefficient (Wildman–Crippen LogP) is 1.72. The monoisotopic (exact) mass is 368 g/mol. The van der Waals surface area contributed by atoms with Gasteiger partial charge in [-0.2, -0.15) is 0 Å². The van der Waals surface area contributed by atoms with E-state index in [1.54, 1.807) is 18.2 Å². The highest BCUT2D eigenvalue weighted by Crippen LogP contribution is 2.24. The first-order chi connectivity index (χ1) is 12.9. The third-order valence-electron chi connectivity index (χ3n) is 4.02. The molecule has 1 N–H and O–H groups in total. The van der Waals surface area contributed by atoms with E-state index in [9.17, 15) is 19.2 Å². The number of nitrogens with one attached hydrogen (secondary N) is 1. The van der Waals surface area contributed by atoms with Gasteiger partial charge in [0.2, 0.25) is 0 Å². The standard InChI is InChI=1S/C19H16N2O6/c1-21-17(23)14-8-5-12(9-15(14)18(21)24)20-16(22)10-27-13-6-3-11(4-7-13)19(25)26-2/h3-9H,10H2,1-2H3,(H,20,22). The third kappa shape index (κ3) is 3.64. The molecule has 0 fully saturated rings. The molecule has 0 saturated carbocycles. The van der Waals surface area contributed by atoms with Crippen molar-refractivity contribution >= 4 is 29.4 Å². The Bertz CT molecular complexity index is 936. The number of amides is 3. The first-order valence-corrected chi connectivity index (χ1v) is 7.98. The Labute approximate surface area is 154 Å². The normalized spacial score (nSPS) is 12.6. The molecule has 0 unspecified atom stereocenters. The molecule has 27 heavy (non-hydrogen) atoms. The zero-order valence-corrected chi connectivity index (χ0v) is 14.6. The number of anilines is 1. The Morgan fingerprint density at radius 3 is 2.33 bits per heavy atom. The van der Waals surface area contributed by atoms with Crippen LogP contribution in [0.25, 0.3) is 0 Å². The second-order valence-corrected chi connectivity index (χ2v) is 5.78. The van der Waals surface area contributed by atoms with Gasteiger partial charge in [0.25, 0.3) is 17.7 Å². The number of ether oxygens (including phenoxy) is 2. The number of carbonyl (C=O) groups excluding carboxylic acids is 4. The van der Waals surface area contributed by atoms with Crippen LogP contribution in [0.1, 0.15) is 31.1 Å². The van der Waals surface area contributed by atoms with Gasteiger partial charge in [-0.15, -0.1) is 0 Å². The number of carbonyl (C=O) groups is 4. The lowest BCUT2D eigenvalue weighted by Crippen LogP contribution is -2.24. The average molecular weight is 368 g/mol. The molecule has 8 nitrogen and oxygen atoms in total. The summed E-state index contributed by atoms with van der Waals surface area (Å²) in [5, 5.41) is 2.61. The van der Waals surface area contributed by atoms with Crippen molar-refractivity contribution in [2.24, 2.45) is 0 Å². The Balaban J connectivity index is 1.60. The van der Waals surface area contributed by atoms with E-state index in [1.807, 2.05) is 0 Å². The first kappa shape index (κ1) is 18.1. The molecule has 0 atom stereocenters. The summed E-state index contributed by atoms with van der Waals surface area (Å²) in [7, 11) is 2.69. The Morgan fingerprint density at radius 2 is 1.67 bits per heavy atom. The molecule has 0 saturated heterocycles. The smallest absolute Gasteiger partial charge is 0.337 e. The number of esters is 1. The summed E-state index contributed by atoms with van der Waals surface area (Å²) < 4.78 is 9.96. The molecule has 8 heteroatoms. The van der Waals surface area contributed by atoms with E-state index in [0.29, 0.717) is 22.6 Å². The molecule has 1 aliphatic rings. The molecule has 0 aromatic heterocycles. The van der Waals surface area contributed by atoms with Crippen LogP contribution in [0, 0.1) is 0 Å². The van der Waals surface area contributed by atoms with Crippen molar-refractivity contribution in [2.45, 2.75) is 0 Å². The van der Waals surface area contributed by atoms with Crippen molar-refractivity contribution in [3.63, 3.8) is 0 Å². The molecule has 3 amide bonds. The van der Waals surface area contributed by atoms with Crippen molar-refractivity contribution in [3.8, 4) is 5.75 Å². The van der Waals surface area contributed by atoms with Crippen LogP contribution in [0.5, 0.6) is 5.75 Å². The van der Waals surface area contributed by atoms with Crippen LogP contribution in [0.15, 0.2) is 42.5 Å². The molecule has 3 rings (SSSR count). The maximum absolute atomic E-state index is 12.0. The highest BCUT2D eigenvalue weighted by Gasteiger charge is 2.32. The maximum atomic E-state index is 12.0. The summed E-state index contributed by atoms with van der Waals surface area (Å²) >= 11 is 0. The van der Waals surface area contributed by atoms with Crippen LogP contribution in [-0.4, -0.2) is 49.4 Å². The van der Waals surface area contributed by atoms with Gasteiger partial charge in [-0.1, -0.05) is 0 Å². The predicted molar refractivity (Wildman–Crippen MR) is 94.8 cm³/mol. The second-order valence-electron chi connectivity index (χ2n) is 5.78. The number of hydrogen-bond acceptors (Lipinski definition) is 6. The Morgan fingerprint density at radius 1 is 1.00 bits per heavy atom. The summed E-state index contributed by atoms with van der Waals surface area (Å²) in [6, 6.07) is 10.7. The van der Waals surface area contributed by atoms with Gasteiger partial charge in [-0.25, -0.2) is 4.79 Å². The van der Waals surface area contributed by atoms with E-state index >= 15 is 0 Å². The second kappa shape index (κ2) is 7.28. The lowest BCUT2D eigenvalue weighted by Gasteiger charge is -2.08. The summed E-state index contributed by atoms with van der Waals surface area (Å²) in [5.41, 5.74) is 1.32. The zero-order valence-electron chi connectivity index (χ0n) is 14.6. The van der Waals surface area contributed by atoms with Crippen molar-refractivity contribution in [3.05, 3.63) is 59.2 Å². The van der Waals surface area contributed by atoms with E-state index in [2.05, 4.69) is 10.1 Å². The molecular weight excluding hydrogens is 352 g/mol. The fourth-order valence-electron chi connectivity index (χ4n) is 2.59. The van der Waals surface area contributed by atoms with Crippen LogP contribution < -0.4 is 10.1 Å². The highest BCUT2D eigenvalue weighted by molar-refractivity contribution is 6.21. The van der Waals surface area contributed by atoms with Crippen molar-refractivity contribution in [1.82, 2.24) is 4.90 Å². The lowest BCUT2D eigenvalue weighted by molar-refractivity contribution is -0.118. The van der Waals surface area contributed by atoms with Crippen molar-refractivity contribution in [2.75, 3.05) is 26.1 Å². The summed E-state index contributed by atoms with van der Waals surface area (Å²) in [6.07, 6.45) is 0. The largest absolute Gasteiger partial charge is 0.484 e. The van der Waals surface area contributed by atoms with Crippen LogP contribution >= 0.6 is 0 Å². The van der Waals surface area contributed by atoms with E-state index in [4.69, 9.17) is 4.74 Å². The number of imide groups is 1. The molecule has 0 spiro atoms. The molecule has 0 radical (unpaired) electrons. The van der Waals surface area contributed by atoms with Gasteiger partial charge >= 0.3 is 5.97 Å². The molecule has 1 heterocycles. The van der Waals surface area contributed by atoms with Crippen LogP contribution in [0.4, 0.5) is 5.69 Å². The Hall–Kier alpha value is -3.68. The van der Waals surface area contributed by atoms with Gasteiger partial charge in [0, 0.05) is 12.7 Å². The minimum Gasteiger partial charge on any atom is -0.484 e. The van der Waals surface area contributed by atoms with Crippen LogP contribution in [0.2, 0.25) is 0 Å². The number of hydrogen-bond donors (Lipinski definition) is 1. The zero-order chi connectivity index (χ0) is 19.6. The van der Waals surface area contributed by atoms with Crippen LogP contribution in [-0.2, 0) is 9.53 Å². The number of rotatable bonds is 5. The molecule has 0 aliphatic carbocycles. The van der Waals surface area contributed by atoms with Gasteiger partial charge < -0.3 is 14.8 Å². The number of methoxy groups -OCH3 is 1. The fraction of sp³-hybridized carbons (Fsp3) is 0.158. The highest BCUT2D eigenvalue weighted by atomic mass is 16.5. The minimum absolute atomic E-state index is 0.250.